The third kappa shape index (κ3) is 4.89. The van der Waals surface area contributed by atoms with E-state index in [2.05, 4.69) is 9.72 Å². The number of nitrogens with zero attached hydrogens (tertiary/aromatic N) is 3. The second-order valence-electron chi connectivity index (χ2n) is 6.09. The van der Waals surface area contributed by atoms with Crippen LogP contribution in [0.15, 0.2) is 6.33 Å². The van der Waals surface area contributed by atoms with Crippen molar-refractivity contribution in [2.24, 2.45) is 0 Å². The van der Waals surface area contributed by atoms with E-state index in [1.165, 1.54) is 0 Å². The van der Waals surface area contributed by atoms with Gasteiger partial charge in [0.2, 0.25) is 12.0 Å². The molecule has 0 amide bonds. The molecule has 0 aromatic carbocycles. The van der Waals surface area contributed by atoms with Gasteiger partial charge in [0.15, 0.2) is 18.4 Å². The third-order valence-electron chi connectivity index (χ3n) is 3.94. The van der Waals surface area contributed by atoms with Crippen LogP contribution in [0, 0.1) is 10.1 Å². The van der Waals surface area contributed by atoms with Gasteiger partial charge in [0, 0.05) is 20.8 Å². The second kappa shape index (κ2) is 9.30. The molecule has 14 heteroatoms. The van der Waals surface area contributed by atoms with Crippen molar-refractivity contribution in [3.05, 3.63) is 22.1 Å². The lowest BCUT2D eigenvalue weighted by Gasteiger charge is -2.23. The van der Waals surface area contributed by atoms with E-state index in [1.54, 1.807) is 0 Å². The largest absolute Gasteiger partial charge is 0.464 e. The highest BCUT2D eigenvalue weighted by Gasteiger charge is 2.52. The van der Waals surface area contributed by atoms with Crippen LogP contribution in [-0.2, 0) is 38.1 Å². The maximum absolute atomic E-state index is 12.2. The van der Waals surface area contributed by atoms with Crippen molar-refractivity contribution in [2.45, 2.75) is 45.3 Å². The number of aromatic nitrogens is 2. The smallest absolute Gasteiger partial charge is 0.396 e. The molecule has 30 heavy (non-hydrogen) atoms. The van der Waals surface area contributed by atoms with Crippen molar-refractivity contribution < 1.29 is 47.8 Å². The maximum Gasteiger partial charge on any atom is 0.396 e. The van der Waals surface area contributed by atoms with Crippen molar-refractivity contribution in [3.8, 4) is 0 Å². The Bertz CT molecular complexity index is 865. The van der Waals surface area contributed by atoms with Gasteiger partial charge >= 0.3 is 29.7 Å². The molecule has 2 heterocycles. The Morgan fingerprint density at radius 2 is 1.73 bits per heavy atom. The molecule has 14 nitrogen and oxygen atoms in total. The van der Waals surface area contributed by atoms with E-state index in [-0.39, 0.29) is 6.61 Å². The molecule has 1 fully saturated rings. The standard InChI is InChI=1S/C16H19N3O11/c1-7(20)27-5-10-12(28-8(2)21)13(29-9(3)22)15(30-10)18-6-17-14(19(24)25)11(18)16(23)26-4/h6,10,12-13,15H,5H2,1-4H3. The summed E-state index contributed by atoms with van der Waals surface area (Å²) in [5.41, 5.74) is -0.584. The average molecular weight is 429 g/mol. The fourth-order valence-corrected chi connectivity index (χ4v) is 2.89. The highest BCUT2D eigenvalue weighted by molar-refractivity contribution is 5.91. The maximum atomic E-state index is 12.2. The summed E-state index contributed by atoms with van der Waals surface area (Å²) in [6, 6.07) is 0. The van der Waals surface area contributed by atoms with Gasteiger partial charge in [-0.1, -0.05) is 0 Å². The number of rotatable bonds is 7. The Balaban J connectivity index is 2.54. The summed E-state index contributed by atoms with van der Waals surface area (Å²) in [5, 5.41) is 11.3. The first-order chi connectivity index (χ1) is 14.1. The minimum atomic E-state index is -1.38. The number of esters is 4. The van der Waals surface area contributed by atoms with Crippen LogP contribution in [0.25, 0.3) is 0 Å². The summed E-state index contributed by atoms with van der Waals surface area (Å²) in [7, 11) is 1.01. The number of ether oxygens (including phenoxy) is 5. The lowest BCUT2D eigenvalue weighted by Crippen LogP contribution is -2.40. The second-order valence-corrected chi connectivity index (χ2v) is 6.09. The first kappa shape index (κ1) is 22.7. The van der Waals surface area contributed by atoms with E-state index < -0.39 is 64.9 Å². The highest BCUT2D eigenvalue weighted by atomic mass is 16.7. The molecule has 1 saturated heterocycles. The van der Waals surface area contributed by atoms with Crippen molar-refractivity contribution in [1.29, 1.82) is 0 Å². The Morgan fingerprint density at radius 3 is 2.23 bits per heavy atom. The first-order valence-corrected chi connectivity index (χ1v) is 8.49. The van der Waals surface area contributed by atoms with Gasteiger partial charge in [0.05, 0.1) is 7.11 Å². The Kier molecular flexibility index (Phi) is 7.05. The van der Waals surface area contributed by atoms with Crippen LogP contribution in [0.1, 0.15) is 37.5 Å². The van der Waals surface area contributed by atoms with Crippen LogP contribution in [0.4, 0.5) is 5.82 Å². The molecule has 0 aliphatic carbocycles. The number of carbonyl (C=O) groups is 4. The van der Waals surface area contributed by atoms with E-state index in [4.69, 9.17) is 18.9 Å². The monoisotopic (exact) mass is 429 g/mol. The molecule has 2 rings (SSSR count). The molecule has 0 N–H and O–H groups in total. The predicted molar refractivity (Wildman–Crippen MR) is 91.9 cm³/mol. The molecule has 1 aromatic heterocycles. The lowest BCUT2D eigenvalue weighted by atomic mass is 10.1. The summed E-state index contributed by atoms with van der Waals surface area (Å²) < 4.78 is 26.5. The van der Waals surface area contributed by atoms with Gasteiger partial charge in [-0.05, 0) is 9.91 Å². The number of carbonyl (C=O) groups excluding carboxylic acids is 4. The quantitative estimate of drug-likeness (QED) is 0.244. The predicted octanol–water partition coefficient (Wildman–Crippen LogP) is -0.0982. The minimum absolute atomic E-state index is 0.383. The number of hydrogen-bond donors (Lipinski definition) is 0. The van der Waals surface area contributed by atoms with Crippen LogP contribution < -0.4 is 0 Å². The molecule has 164 valence electrons. The number of imidazole rings is 1. The minimum Gasteiger partial charge on any atom is -0.464 e. The molecule has 0 radical (unpaired) electrons. The molecule has 0 saturated carbocycles. The zero-order valence-electron chi connectivity index (χ0n) is 16.4. The summed E-state index contributed by atoms with van der Waals surface area (Å²) in [5.74, 6) is -4.11. The Labute approximate surface area is 169 Å². The van der Waals surface area contributed by atoms with Crippen molar-refractivity contribution in [1.82, 2.24) is 9.55 Å². The molecule has 0 bridgehead atoms. The van der Waals surface area contributed by atoms with E-state index in [1.807, 2.05) is 0 Å². The number of nitro groups is 1. The van der Waals surface area contributed by atoms with Gasteiger partial charge in [0.25, 0.3) is 0 Å². The molecular formula is C16H19N3O11. The van der Waals surface area contributed by atoms with E-state index >= 15 is 0 Å². The van der Waals surface area contributed by atoms with Crippen molar-refractivity contribution >= 4 is 29.7 Å². The van der Waals surface area contributed by atoms with Crippen molar-refractivity contribution in [3.63, 3.8) is 0 Å². The molecule has 1 aromatic rings. The van der Waals surface area contributed by atoms with Crippen LogP contribution >= 0.6 is 0 Å². The average Bonchev–Trinajstić information content (AvgIpc) is 3.21. The molecule has 1 aliphatic rings. The van der Waals surface area contributed by atoms with E-state index in [0.29, 0.717) is 0 Å². The van der Waals surface area contributed by atoms with Crippen molar-refractivity contribution in [2.75, 3.05) is 13.7 Å². The highest BCUT2D eigenvalue weighted by Crippen LogP contribution is 2.36. The van der Waals surface area contributed by atoms with Gasteiger partial charge < -0.3 is 33.8 Å². The summed E-state index contributed by atoms with van der Waals surface area (Å²) >= 11 is 0. The summed E-state index contributed by atoms with van der Waals surface area (Å²) in [4.78, 5) is 60.5. The zero-order valence-corrected chi connectivity index (χ0v) is 16.4. The first-order valence-electron chi connectivity index (χ1n) is 8.49. The van der Waals surface area contributed by atoms with Crippen LogP contribution in [-0.4, -0.2) is 70.4 Å². The normalized spacial score (nSPS) is 22.8. The van der Waals surface area contributed by atoms with Gasteiger partial charge in [0.1, 0.15) is 12.7 Å². The zero-order chi connectivity index (χ0) is 22.6. The molecule has 4 atom stereocenters. The van der Waals surface area contributed by atoms with Crippen LogP contribution in [0.5, 0.6) is 0 Å². The molecule has 0 spiro atoms. The van der Waals surface area contributed by atoms with Crippen LogP contribution in [0.2, 0.25) is 0 Å². The van der Waals surface area contributed by atoms with E-state index in [0.717, 1.165) is 38.8 Å². The van der Waals surface area contributed by atoms with Gasteiger partial charge in [-0.25, -0.2) is 4.79 Å². The topological polar surface area (TPSA) is 175 Å². The van der Waals surface area contributed by atoms with Gasteiger partial charge in [-0.15, -0.1) is 0 Å². The number of hydrogen-bond acceptors (Lipinski definition) is 12. The Hall–Kier alpha value is -3.55. The summed E-state index contributed by atoms with van der Waals surface area (Å²) in [6.07, 6.45) is -4.16. The van der Waals surface area contributed by atoms with Crippen LogP contribution in [0.3, 0.4) is 0 Å². The third-order valence-corrected chi connectivity index (χ3v) is 3.94. The molecular weight excluding hydrogens is 410 g/mol. The number of methoxy groups -OCH3 is 1. The molecule has 4 unspecified atom stereocenters. The SMILES string of the molecule is COC(=O)c1c([N+](=O)[O-])ncn1C1OC(COC(C)=O)C(OC(C)=O)C1OC(C)=O. The van der Waals surface area contributed by atoms with Gasteiger partial charge in [-0.2, -0.15) is 0 Å². The van der Waals surface area contributed by atoms with Gasteiger partial charge in [-0.3, -0.25) is 19.0 Å². The van der Waals surface area contributed by atoms with E-state index in [9.17, 15) is 29.3 Å². The fourth-order valence-electron chi connectivity index (χ4n) is 2.89. The lowest BCUT2D eigenvalue weighted by molar-refractivity contribution is -0.389. The Morgan fingerprint density at radius 1 is 1.13 bits per heavy atom. The molecule has 1 aliphatic heterocycles. The summed E-state index contributed by atoms with van der Waals surface area (Å²) in [6.45, 7) is 2.94. The fraction of sp³-hybridized carbons (Fsp3) is 0.562.